The Labute approximate surface area is 140 Å². The number of ether oxygens (including phenoxy) is 1. The number of nitrogens with two attached hydrogens (primary N) is 2. The van der Waals surface area contributed by atoms with Crippen LogP contribution in [0.25, 0.3) is 11.4 Å². The van der Waals surface area contributed by atoms with Gasteiger partial charge in [-0.15, -0.1) is 0 Å². The normalized spacial score (nSPS) is 11.9. The van der Waals surface area contributed by atoms with Gasteiger partial charge in [-0.3, -0.25) is 0 Å². The summed E-state index contributed by atoms with van der Waals surface area (Å²) in [5, 5.41) is 0. The van der Waals surface area contributed by atoms with Crippen LogP contribution >= 0.6 is 0 Å². The number of anilines is 2. The molecule has 0 saturated heterocycles. The Balaban J connectivity index is 1.79. The van der Waals surface area contributed by atoms with Crippen LogP contribution in [0.4, 0.5) is 11.9 Å². The van der Waals surface area contributed by atoms with Gasteiger partial charge in [0.2, 0.25) is 11.9 Å². The zero-order valence-electron chi connectivity index (χ0n) is 13.4. The second-order valence-corrected chi connectivity index (χ2v) is 5.33. The van der Waals surface area contributed by atoms with Crippen LogP contribution in [0, 0.1) is 0 Å². The summed E-state index contributed by atoms with van der Waals surface area (Å²) in [5.41, 5.74) is 13.2. The minimum atomic E-state index is 0.0144. The Bertz CT molecular complexity index is 785. The van der Waals surface area contributed by atoms with Crippen molar-refractivity contribution in [2.45, 2.75) is 19.4 Å². The average molecular weight is 321 g/mol. The number of benzene rings is 2. The second kappa shape index (κ2) is 6.95. The van der Waals surface area contributed by atoms with Crippen molar-refractivity contribution in [3.8, 4) is 17.1 Å². The van der Waals surface area contributed by atoms with Crippen molar-refractivity contribution >= 4 is 11.9 Å². The van der Waals surface area contributed by atoms with E-state index in [1.54, 1.807) is 0 Å². The molecule has 24 heavy (non-hydrogen) atoms. The molecule has 1 aromatic heterocycles. The summed E-state index contributed by atoms with van der Waals surface area (Å²) < 4.78 is 6.09. The molecule has 0 fully saturated rings. The molecule has 0 amide bonds. The Morgan fingerprint density at radius 2 is 1.50 bits per heavy atom. The maximum Gasteiger partial charge on any atom is 0.225 e. The highest BCUT2D eigenvalue weighted by molar-refractivity contribution is 5.58. The summed E-state index contributed by atoms with van der Waals surface area (Å²) in [6.07, 6.45) is 0.896. The molecule has 0 aliphatic rings. The van der Waals surface area contributed by atoms with Crippen molar-refractivity contribution < 1.29 is 4.74 Å². The first-order valence-corrected chi connectivity index (χ1v) is 7.74. The SMILES string of the molecule is CCC(Oc1ccc(-c2nc(N)nc(N)n2)cc1)c1ccccc1. The molecule has 6 nitrogen and oxygen atoms in total. The van der Waals surface area contributed by atoms with Gasteiger partial charge < -0.3 is 16.2 Å². The fraction of sp³-hybridized carbons (Fsp3) is 0.167. The first kappa shape index (κ1) is 15.7. The topological polar surface area (TPSA) is 99.9 Å². The van der Waals surface area contributed by atoms with E-state index in [0.717, 1.165) is 23.3 Å². The van der Waals surface area contributed by atoms with Crippen molar-refractivity contribution in [2.75, 3.05) is 11.5 Å². The van der Waals surface area contributed by atoms with E-state index in [9.17, 15) is 0 Å². The summed E-state index contributed by atoms with van der Waals surface area (Å²) in [7, 11) is 0. The van der Waals surface area contributed by atoms with Gasteiger partial charge >= 0.3 is 0 Å². The fourth-order valence-corrected chi connectivity index (χ4v) is 2.44. The van der Waals surface area contributed by atoms with E-state index in [-0.39, 0.29) is 18.0 Å². The minimum absolute atomic E-state index is 0.0144. The lowest BCUT2D eigenvalue weighted by Gasteiger charge is -2.18. The predicted octanol–water partition coefficient (Wildman–Crippen LogP) is 3.23. The Kier molecular flexibility index (Phi) is 4.56. The molecule has 4 N–H and O–H groups in total. The molecule has 3 aromatic rings. The molecule has 6 heteroatoms. The van der Waals surface area contributed by atoms with E-state index in [1.165, 1.54) is 0 Å². The van der Waals surface area contributed by atoms with Gasteiger partial charge in [-0.25, -0.2) is 0 Å². The maximum absolute atomic E-state index is 6.09. The quantitative estimate of drug-likeness (QED) is 0.748. The monoisotopic (exact) mass is 321 g/mol. The summed E-state index contributed by atoms with van der Waals surface area (Å²) in [6, 6.07) is 17.7. The standard InChI is InChI=1S/C18H19N5O/c1-2-15(12-6-4-3-5-7-12)24-14-10-8-13(9-11-14)16-21-17(19)23-18(20)22-16/h3-11,15H,2H2,1H3,(H4,19,20,21,22,23). The fourth-order valence-electron chi connectivity index (χ4n) is 2.44. The Morgan fingerprint density at radius 3 is 2.08 bits per heavy atom. The summed E-state index contributed by atoms with van der Waals surface area (Å²) >= 11 is 0. The number of rotatable bonds is 5. The molecule has 0 saturated carbocycles. The first-order valence-electron chi connectivity index (χ1n) is 7.74. The van der Waals surface area contributed by atoms with Gasteiger partial charge in [-0.2, -0.15) is 15.0 Å². The molecule has 0 spiro atoms. The molecule has 0 aliphatic heterocycles. The highest BCUT2D eigenvalue weighted by atomic mass is 16.5. The summed E-state index contributed by atoms with van der Waals surface area (Å²) in [5.74, 6) is 1.44. The van der Waals surface area contributed by atoms with Crippen LogP contribution in [0.3, 0.4) is 0 Å². The van der Waals surface area contributed by atoms with Crippen LogP contribution < -0.4 is 16.2 Å². The molecular weight excluding hydrogens is 302 g/mol. The van der Waals surface area contributed by atoms with Gasteiger partial charge in [0, 0.05) is 5.56 Å². The van der Waals surface area contributed by atoms with E-state index < -0.39 is 0 Å². The van der Waals surface area contributed by atoms with E-state index in [4.69, 9.17) is 16.2 Å². The number of hydrogen-bond donors (Lipinski definition) is 2. The smallest absolute Gasteiger partial charge is 0.225 e. The van der Waals surface area contributed by atoms with E-state index in [1.807, 2.05) is 42.5 Å². The maximum atomic E-state index is 6.09. The lowest BCUT2D eigenvalue weighted by Crippen LogP contribution is -2.06. The van der Waals surface area contributed by atoms with Crippen LogP contribution in [0.2, 0.25) is 0 Å². The molecule has 0 aliphatic carbocycles. The van der Waals surface area contributed by atoms with Gasteiger partial charge in [0.1, 0.15) is 11.9 Å². The van der Waals surface area contributed by atoms with Crippen molar-refractivity contribution in [3.05, 3.63) is 60.2 Å². The highest BCUT2D eigenvalue weighted by Crippen LogP contribution is 2.26. The van der Waals surface area contributed by atoms with Crippen molar-refractivity contribution in [1.82, 2.24) is 15.0 Å². The number of aromatic nitrogens is 3. The molecule has 1 heterocycles. The van der Waals surface area contributed by atoms with E-state index in [2.05, 4.69) is 34.0 Å². The zero-order chi connectivity index (χ0) is 16.9. The van der Waals surface area contributed by atoms with Crippen molar-refractivity contribution in [2.24, 2.45) is 0 Å². The van der Waals surface area contributed by atoms with Crippen molar-refractivity contribution in [1.29, 1.82) is 0 Å². The van der Waals surface area contributed by atoms with Gasteiger partial charge in [0.25, 0.3) is 0 Å². The Morgan fingerprint density at radius 1 is 0.875 bits per heavy atom. The molecule has 3 rings (SSSR count). The molecular formula is C18H19N5O. The van der Waals surface area contributed by atoms with E-state index >= 15 is 0 Å². The van der Waals surface area contributed by atoms with Crippen LogP contribution in [0.1, 0.15) is 25.0 Å². The zero-order valence-corrected chi connectivity index (χ0v) is 13.4. The van der Waals surface area contributed by atoms with Crippen LogP contribution in [-0.4, -0.2) is 15.0 Å². The van der Waals surface area contributed by atoms with Gasteiger partial charge in [-0.1, -0.05) is 37.3 Å². The van der Waals surface area contributed by atoms with E-state index in [0.29, 0.717) is 5.82 Å². The molecule has 1 atom stereocenters. The molecule has 2 aromatic carbocycles. The molecule has 0 radical (unpaired) electrons. The average Bonchev–Trinajstić information content (AvgIpc) is 2.60. The number of hydrogen-bond acceptors (Lipinski definition) is 6. The van der Waals surface area contributed by atoms with Gasteiger partial charge in [-0.05, 0) is 36.2 Å². The third-order valence-corrected chi connectivity index (χ3v) is 3.60. The Hall–Kier alpha value is -3.15. The first-order chi connectivity index (χ1) is 11.7. The third-order valence-electron chi connectivity index (χ3n) is 3.60. The third kappa shape index (κ3) is 3.60. The molecule has 122 valence electrons. The van der Waals surface area contributed by atoms with Crippen molar-refractivity contribution in [3.63, 3.8) is 0 Å². The number of nitrogens with zero attached hydrogens (tertiary/aromatic N) is 3. The predicted molar refractivity (Wildman–Crippen MR) is 94.2 cm³/mol. The van der Waals surface area contributed by atoms with Crippen LogP contribution in [0.15, 0.2) is 54.6 Å². The van der Waals surface area contributed by atoms with Gasteiger partial charge in [0.15, 0.2) is 5.82 Å². The second-order valence-electron chi connectivity index (χ2n) is 5.33. The van der Waals surface area contributed by atoms with Crippen LogP contribution in [-0.2, 0) is 0 Å². The summed E-state index contributed by atoms with van der Waals surface area (Å²) in [4.78, 5) is 12.0. The molecule has 0 bridgehead atoms. The summed E-state index contributed by atoms with van der Waals surface area (Å²) in [6.45, 7) is 2.10. The largest absolute Gasteiger partial charge is 0.486 e. The molecule has 1 unspecified atom stereocenters. The highest BCUT2D eigenvalue weighted by Gasteiger charge is 2.11. The van der Waals surface area contributed by atoms with Crippen LogP contribution in [0.5, 0.6) is 5.75 Å². The van der Waals surface area contributed by atoms with Gasteiger partial charge in [0.05, 0.1) is 0 Å². The lowest BCUT2D eigenvalue weighted by molar-refractivity contribution is 0.201. The number of nitrogen functional groups attached to an aromatic ring is 2. The minimum Gasteiger partial charge on any atom is -0.486 e. The lowest BCUT2D eigenvalue weighted by atomic mass is 10.1.